The lowest BCUT2D eigenvalue weighted by Crippen LogP contribution is -2.21. The van der Waals surface area contributed by atoms with E-state index in [1.54, 1.807) is 18.3 Å². The number of carbonyl (C=O) groups is 1. The van der Waals surface area contributed by atoms with Gasteiger partial charge in [-0.2, -0.15) is 0 Å². The summed E-state index contributed by atoms with van der Waals surface area (Å²) in [5, 5.41) is 2.42. The van der Waals surface area contributed by atoms with Crippen molar-refractivity contribution >= 4 is 17.1 Å². The van der Waals surface area contributed by atoms with Gasteiger partial charge in [-0.25, -0.2) is 18.2 Å². The number of nitrogens with zero attached hydrogens (tertiary/aromatic N) is 2. The number of fused-ring (bicyclic) bond motifs is 1. The Morgan fingerprint density at radius 1 is 0.895 bits per heavy atom. The molecule has 0 saturated heterocycles. The number of carbonyl (C=O) groups excluding carboxylic acids is 1. The van der Waals surface area contributed by atoms with Crippen molar-refractivity contribution in [2.24, 2.45) is 0 Å². The maximum Gasteiger partial charge on any atom is 0.573 e. The Kier molecular flexibility index (Phi) is 6.27. The minimum atomic E-state index is -5.07. The number of benzene rings is 3. The van der Waals surface area contributed by atoms with Gasteiger partial charge in [0.15, 0.2) is 11.6 Å². The number of ether oxygens (including phenoxy) is 1. The summed E-state index contributed by atoms with van der Waals surface area (Å²) in [4.78, 5) is 17.2. The third kappa shape index (κ3) is 4.90. The molecule has 0 spiro atoms. The third-order valence-corrected chi connectivity index (χ3v) is 5.63. The van der Waals surface area contributed by atoms with E-state index in [9.17, 15) is 31.1 Å². The fourth-order valence-corrected chi connectivity index (χ4v) is 3.96. The van der Waals surface area contributed by atoms with Crippen LogP contribution in [0.4, 0.5) is 32.0 Å². The third-order valence-electron chi connectivity index (χ3n) is 5.63. The number of imidazole rings is 1. The zero-order chi connectivity index (χ0) is 27.0. The van der Waals surface area contributed by atoms with E-state index in [-0.39, 0.29) is 17.1 Å². The molecule has 0 aliphatic heterocycles. The number of rotatable bonds is 5. The predicted octanol–water partition coefficient (Wildman–Crippen LogP) is 7.24. The topological polar surface area (TPSA) is 55.6 Å². The van der Waals surface area contributed by atoms with E-state index in [0.717, 1.165) is 24.3 Å². The summed E-state index contributed by atoms with van der Waals surface area (Å²) in [7, 11) is 0. The van der Waals surface area contributed by atoms with Crippen LogP contribution in [-0.4, -0.2) is 21.7 Å². The number of halogens is 6. The predicted molar refractivity (Wildman–Crippen MR) is 127 cm³/mol. The van der Waals surface area contributed by atoms with Crippen molar-refractivity contribution in [2.45, 2.75) is 6.36 Å². The molecular formula is C27H15F6N3O2. The van der Waals surface area contributed by atoms with Gasteiger partial charge in [-0.05, 0) is 60.2 Å². The highest BCUT2D eigenvalue weighted by atomic mass is 19.4. The van der Waals surface area contributed by atoms with E-state index in [4.69, 9.17) is 0 Å². The molecule has 0 bridgehead atoms. The van der Waals surface area contributed by atoms with Gasteiger partial charge in [0.2, 0.25) is 0 Å². The highest BCUT2D eigenvalue weighted by molar-refractivity contribution is 6.07. The largest absolute Gasteiger partial charge is 0.573 e. The molecule has 2 heterocycles. The van der Waals surface area contributed by atoms with Crippen LogP contribution in [-0.2, 0) is 0 Å². The summed E-state index contributed by atoms with van der Waals surface area (Å²) in [5.74, 6) is -4.27. The minimum Gasteiger partial charge on any atom is -0.405 e. The molecule has 1 N–H and O–H groups in total. The Hall–Kier alpha value is -4.80. The quantitative estimate of drug-likeness (QED) is 0.245. The van der Waals surface area contributed by atoms with E-state index in [0.29, 0.717) is 16.6 Å². The zero-order valence-corrected chi connectivity index (χ0v) is 19.1. The van der Waals surface area contributed by atoms with Gasteiger partial charge in [0.1, 0.15) is 17.4 Å². The van der Waals surface area contributed by atoms with Crippen LogP contribution >= 0.6 is 0 Å². The molecule has 192 valence electrons. The molecule has 0 unspecified atom stereocenters. The molecule has 3 aromatic carbocycles. The van der Waals surface area contributed by atoms with Gasteiger partial charge in [0.05, 0.1) is 22.8 Å². The van der Waals surface area contributed by atoms with Crippen molar-refractivity contribution in [1.82, 2.24) is 9.38 Å². The number of nitrogens with one attached hydrogen (secondary N) is 1. The van der Waals surface area contributed by atoms with E-state index in [2.05, 4.69) is 15.0 Å². The average Bonchev–Trinajstić information content (AvgIpc) is 3.30. The highest BCUT2D eigenvalue weighted by Gasteiger charge is 2.33. The van der Waals surface area contributed by atoms with E-state index >= 15 is 0 Å². The second-order valence-electron chi connectivity index (χ2n) is 8.08. The van der Waals surface area contributed by atoms with Gasteiger partial charge in [-0.1, -0.05) is 18.2 Å². The summed E-state index contributed by atoms with van der Waals surface area (Å²) < 4.78 is 86.2. The first-order valence-electron chi connectivity index (χ1n) is 11.0. The van der Waals surface area contributed by atoms with Crippen LogP contribution in [0.15, 0.2) is 85.2 Å². The van der Waals surface area contributed by atoms with Crippen molar-refractivity contribution in [3.05, 3.63) is 108 Å². The van der Waals surface area contributed by atoms with Gasteiger partial charge in [0.25, 0.3) is 5.91 Å². The monoisotopic (exact) mass is 527 g/mol. The molecule has 2 aromatic heterocycles. The normalized spacial score (nSPS) is 11.5. The molecule has 5 aromatic rings. The molecule has 0 aliphatic rings. The minimum absolute atomic E-state index is 0.0876. The van der Waals surface area contributed by atoms with Gasteiger partial charge in [-0.15, -0.1) is 13.2 Å². The lowest BCUT2D eigenvalue weighted by molar-refractivity contribution is -0.274. The first kappa shape index (κ1) is 24.9. The smallest absolute Gasteiger partial charge is 0.405 e. The Bertz CT molecular complexity index is 1660. The maximum atomic E-state index is 14.4. The second-order valence-corrected chi connectivity index (χ2v) is 8.08. The second kappa shape index (κ2) is 9.58. The Labute approximate surface area is 210 Å². The van der Waals surface area contributed by atoms with Crippen LogP contribution in [0.2, 0.25) is 0 Å². The fraction of sp³-hybridized carbons (Fsp3) is 0.0370. The maximum absolute atomic E-state index is 14.4. The van der Waals surface area contributed by atoms with Crippen molar-refractivity contribution in [1.29, 1.82) is 0 Å². The number of amides is 1. The number of aromatic nitrogens is 2. The molecule has 5 nitrogen and oxygen atoms in total. The van der Waals surface area contributed by atoms with Crippen LogP contribution in [0.5, 0.6) is 5.75 Å². The fourth-order valence-electron chi connectivity index (χ4n) is 3.96. The molecule has 1 amide bonds. The standard InChI is InChI=1S/C27H15F6N3O2/c28-16-7-9-17(10-8-16)35-26(37)20-13-15(6-11-23(20)38-27(31,32)33)18-4-2-12-36-22(18)14-34-25(36)19-3-1-5-21(29)24(19)30/h1-14H,(H,35,37). The van der Waals surface area contributed by atoms with Crippen LogP contribution < -0.4 is 10.1 Å². The van der Waals surface area contributed by atoms with E-state index in [1.807, 2.05) is 0 Å². The van der Waals surface area contributed by atoms with Crippen LogP contribution in [0.3, 0.4) is 0 Å². The Morgan fingerprint density at radius 3 is 2.37 bits per heavy atom. The molecule has 5 rings (SSSR count). The van der Waals surface area contributed by atoms with Crippen molar-refractivity contribution in [2.75, 3.05) is 5.32 Å². The van der Waals surface area contributed by atoms with Gasteiger partial charge < -0.3 is 10.1 Å². The molecule has 38 heavy (non-hydrogen) atoms. The number of pyridine rings is 1. The first-order valence-corrected chi connectivity index (χ1v) is 11.0. The summed E-state index contributed by atoms with van der Waals surface area (Å²) in [6.07, 6.45) is -2.11. The summed E-state index contributed by atoms with van der Waals surface area (Å²) in [5.41, 5.74) is 0.801. The molecular weight excluding hydrogens is 512 g/mol. The van der Waals surface area contributed by atoms with Crippen LogP contribution in [0, 0.1) is 17.5 Å². The number of alkyl halides is 3. The molecule has 0 aliphatic carbocycles. The van der Waals surface area contributed by atoms with E-state index < -0.39 is 41.0 Å². The molecule has 0 saturated carbocycles. The van der Waals surface area contributed by atoms with Crippen LogP contribution in [0.1, 0.15) is 10.4 Å². The van der Waals surface area contributed by atoms with Crippen LogP contribution in [0.25, 0.3) is 28.0 Å². The number of anilines is 1. The number of hydrogen-bond acceptors (Lipinski definition) is 3. The molecule has 0 fully saturated rings. The van der Waals surface area contributed by atoms with Crippen molar-refractivity contribution in [3.63, 3.8) is 0 Å². The first-order chi connectivity index (χ1) is 18.1. The summed E-state index contributed by atoms with van der Waals surface area (Å²) >= 11 is 0. The zero-order valence-electron chi connectivity index (χ0n) is 19.1. The highest BCUT2D eigenvalue weighted by Crippen LogP contribution is 2.34. The lowest BCUT2D eigenvalue weighted by atomic mass is 10.0. The summed E-state index contributed by atoms with van der Waals surface area (Å²) in [6, 6.07) is 15.1. The molecule has 11 heteroatoms. The Morgan fingerprint density at radius 2 is 1.63 bits per heavy atom. The average molecular weight is 527 g/mol. The molecule has 0 atom stereocenters. The Balaban J connectivity index is 1.60. The van der Waals surface area contributed by atoms with Gasteiger partial charge in [0, 0.05) is 17.4 Å². The SMILES string of the molecule is O=C(Nc1ccc(F)cc1)c1cc(-c2cccn3c(-c4cccc(F)c4F)ncc23)ccc1OC(F)(F)F. The van der Waals surface area contributed by atoms with Gasteiger partial charge in [-0.3, -0.25) is 9.20 Å². The molecule has 0 radical (unpaired) electrons. The lowest BCUT2D eigenvalue weighted by Gasteiger charge is -2.15. The van der Waals surface area contributed by atoms with Gasteiger partial charge >= 0.3 is 6.36 Å². The van der Waals surface area contributed by atoms with E-state index in [1.165, 1.54) is 47.0 Å². The van der Waals surface area contributed by atoms with Crippen molar-refractivity contribution < 1.29 is 35.9 Å². The number of hydrogen-bond donors (Lipinski definition) is 1. The van der Waals surface area contributed by atoms with Crippen molar-refractivity contribution in [3.8, 4) is 28.3 Å². The summed E-state index contributed by atoms with van der Waals surface area (Å²) in [6.45, 7) is 0.